The first kappa shape index (κ1) is 25.5. The topological polar surface area (TPSA) is 80.4 Å². The summed E-state index contributed by atoms with van der Waals surface area (Å²) in [4.78, 5) is 31.9. The predicted molar refractivity (Wildman–Crippen MR) is 137 cm³/mol. The Hall–Kier alpha value is -3.62. The van der Waals surface area contributed by atoms with Gasteiger partial charge in [0.05, 0.1) is 22.7 Å². The van der Waals surface area contributed by atoms with Gasteiger partial charge in [-0.25, -0.2) is 9.37 Å². The van der Waals surface area contributed by atoms with Gasteiger partial charge in [-0.05, 0) is 48.4 Å². The molecule has 0 radical (unpaired) electrons. The maximum absolute atomic E-state index is 13.8. The molecule has 4 rings (SSSR count). The lowest BCUT2D eigenvalue weighted by Crippen LogP contribution is -2.40. The van der Waals surface area contributed by atoms with Crippen LogP contribution >= 0.6 is 23.2 Å². The third-order valence-corrected chi connectivity index (χ3v) is 5.76. The number of rotatable bonds is 8. The van der Waals surface area contributed by atoms with Gasteiger partial charge in [0, 0.05) is 23.3 Å². The molecule has 0 atom stereocenters. The zero-order valence-electron chi connectivity index (χ0n) is 19.5. The number of imidazole rings is 1. The molecule has 0 aliphatic heterocycles. The van der Waals surface area contributed by atoms with Gasteiger partial charge in [0.2, 0.25) is 11.9 Å². The number of carbonyl (C=O) groups is 2. The number of hydrogen-bond donors (Lipinski definition) is 1. The Bertz CT molecular complexity index is 1370. The highest BCUT2D eigenvalue weighted by Gasteiger charge is 2.23. The Kier molecular flexibility index (Phi) is 7.76. The molecule has 10 heteroatoms. The highest BCUT2D eigenvalue weighted by atomic mass is 35.5. The van der Waals surface area contributed by atoms with Crippen LogP contribution in [0.1, 0.15) is 24.4 Å². The molecule has 2 amide bonds. The van der Waals surface area contributed by atoms with Crippen molar-refractivity contribution < 1.29 is 18.4 Å². The number of amides is 2. The Morgan fingerprint density at radius 2 is 1.89 bits per heavy atom. The van der Waals surface area contributed by atoms with E-state index >= 15 is 0 Å². The maximum Gasteiger partial charge on any atom is 0.290 e. The molecule has 7 nitrogen and oxygen atoms in total. The van der Waals surface area contributed by atoms with Crippen LogP contribution in [-0.4, -0.2) is 39.4 Å². The molecule has 1 N–H and O–H groups in total. The summed E-state index contributed by atoms with van der Waals surface area (Å²) in [5, 5.41) is 3.28. The molecule has 0 fully saturated rings. The molecule has 0 aliphatic carbocycles. The summed E-state index contributed by atoms with van der Waals surface area (Å²) in [6.45, 7) is 4.03. The summed E-state index contributed by atoms with van der Waals surface area (Å²) < 4.78 is 20.6. The fraction of sp³-hybridized carbons (Fsp3) is 0.192. The van der Waals surface area contributed by atoms with Crippen LogP contribution in [0.3, 0.4) is 0 Å². The second kappa shape index (κ2) is 11.0. The van der Waals surface area contributed by atoms with Crippen LogP contribution in [0.2, 0.25) is 10.0 Å². The maximum atomic E-state index is 13.8. The van der Waals surface area contributed by atoms with Gasteiger partial charge in [0.15, 0.2) is 5.76 Å². The number of anilines is 1. The van der Waals surface area contributed by atoms with Crippen LogP contribution in [0, 0.1) is 11.7 Å². The fourth-order valence-corrected chi connectivity index (χ4v) is 3.91. The minimum Gasteiger partial charge on any atom is -0.459 e. The number of halogens is 3. The smallest absolute Gasteiger partial charge is 0.290 e. The van der Waals surface area contributed by atoms with Gasteiger partial charge in [-0.2, -0.15) is 0 Å². The zero-order valence-corrected chi connectivity index (χ0v) is 21.1. The minimum absolute atomic E-state index is 0.0707. The average molecular weight is 529 g/mol. The van der Waals surface area contributed by atoms with Gasteiger partial charge >= 0.3 is 0 Å². The molecule has 0 unspecified atom stereocenters. The molecular weight excluding hydrogens is 506 g/mol. The largest absolute Gasteiger partial charge is 0.459 e. The molecule has 0 saturated heterocycles. The van der Waals surface area contributed by atoms with E-state index in [1.165, 1.54) is 29.4 Å². The number of nitrogens with one attached hydrogen (secondary N) is 1. The van der Waals surface area contributed by atoms with E-state index in [-0.39, 0.29) is 35.1 Å². The van der Waals surface area contributed by atoms with Gasteiger partial charge in [-0.15, -0.1) is 0 Å². The molecular formula is C26H23Cl2FN4O3. The van der Waals surface area contributed by atoms with Crippen LogP contribution in [0.15, 0.2) is 71.5 Å². The van der Waals surface area contributed by atoms with E-state index in [9.17, 15) is 14.0 Å². The molecule has 36 heavy (non-hydrogen) atoms. The quantitative estimate of drug-likeness (QED) is 0.290. The van der Waals surface area contributed by atoms with Gasteiger partial charge in [-0.3, -0.25) is 19.5 Å². The van der Waals surface area contributed by atoms with Crippen molar-refractivity contribution in [1.29, 1.82) is 0 Å². The summed E-state index contributed by atoms with van der Waals surface area (Å²) in [5.41, 5.74) is 1.81. The molecule has 2 aromatic carbocycles. The monoisotopic (exact) mass is 528 g/mol. The molecule has 2 aromatic heterocycles. The van der Waals surface area contributed by atoms with Crippen molar-refractivity contribution in [2.75, 3.05) is 18.4 Å². The third kappa shape index (κ3) is 5.95. The van der Waals surface area contributed by atoms with E-state index in [0.29, 0.717) is 22.9 Å². The van der Waals surface area contributed by atoms with Crippen LogP contribution in [-0.2, 0) is 4.79 Å². The molecule has 0 bridgehead atoms. The van der Waals surface area contributed by atoms with Crippen LogP contribution < -0.4 is 5.32 Å². The van der Waals surface area contributed by atoms with Crippen LogP contribution in [0.5, 0.6) is 0 Å². The Labute approximate surface area is 217 Å². The normalized spacial score (nSPS) is 11.1. The second-order valence-electron chi connectivity index (χ2n) is 8.53. The zero-order chi connectivity index (χ0) is 25.8. The summed E-state index contributed by atoms with van der Waals surface area (Å²) in [5.74, 6) is -0.961. The summed E-state index contributed by atoms with van der Waals surface area (Å²) in [7, 11) is 0. The number of furan rings is 1. The van der Waals surface area contributed by atoms with Crippen molar-refractivity contribution in [2.24, 2.45) is 5.92 Å². The van der Waals surface area contributed by atoms with Gasteiger partial charge in [0.25, 0.3) is 5.91 Å². The lowest BCUT2D eigenvalue weighted by atomic mass is 10.2. The number of nitrogens with zero attached hydrogens (tertiary/aromatic N) is 3. The molecule has 0 aliphatic rings. The third-order valence-electron chi connectivity index (χ3n) is 5.22. The molecule has 186 valence electrons. The van der Waals surface area contributed by atoms with Crippen molar-refractivity contribution in [3.05, 3.63) is 88.7 Å². The van der Waals surface area contributed by atoms with Crippen molar-refractivity contribution in [3.63, 3.8) is 0 Å². The summed E-state index contributed by atoms with van der Waals surface area (Å²) in [6.07, 6.45) is 3.10. The van der Waals surface area contributed by atoms with E-state index in [1.54, 1.807) is 47.2 Å². The average Bonchev–Trinajstić information content (AvgIpc) is 3.51. The summed E-state index contributed by atoms with van der Waals surface area (Å²) >= 11 is 12.0. The standard InChI is InChI=1S/C26H23Cl2FN4O3/c1-16(2)13-32(25(35)23-4-3-11-36-23)15-24(34)31-26-30-22(17-5-7-18(27)8-6-17)14-33(26)19-9-10-21(29)20(28)12-19/h3-12,14,16H,13,15H2,1-2H3,(H,30,31,34). The van der Waals surface area contributed by atoms with E-state index < -0.39 is 11.7 Å². The molecule has 0 saturated carbocycles. The Morgan fingerprint density at radius 1 is 1.14 bits per heavy atom. The first-order chi connectivity index (χ1) is 17.2. The van der Waals surface area contributed by atoms with Crippen molar-refractivity contribution >= 4 is 41.0 Å². The minimum atomic E-state index is -0.565. The van der Waals surface area contributed by atoms with E-state index in [1.807, 2.05) is 13.8 Å². The predicted octanol–water partition coefficient (Wildman–Crippen LogP) is 6.32. The number of aromatic nitrogens is 2. The highest BCUT2D eigenvalue weighted by Crippen LogP contribution is 2.27. The second-order valence-corrected chi connectivity index (χ2v) is 9.37. The first-order valence-electron chi connectivity index (χ1n) is 11.1. The Balaban J connectivity index is 1.64. The lowest BCUT2D eigenvalue weighted by Gasteiger charge is -2.23. The number of hydrogen-bond acceptors (Lipinski definition) is 4. The highest BCUT2D eigenvalue weighted by molar-refractivity contribution is 6.31. The van der Waals surface area contributed by atoms with E-state index in [4.69, 9.17) is 27.6 Å². The van der Waals surface area contributed by atoms with Gasteiger partial charge < -0.3 is 9.32 Å². The Morgan fingerprint density at radius 3 is 2.53 bits per heavy atom. The van der Waals surface area contributed by atoms with Crippen molar-refractivity contribution in [3.8, 4) is 16.9 Å². The van der Waals surface area contributed by atoms with Crippen LogP contribution in [0.25, 0.3) is 16.9 Å². The van der Waals surface area contributed by atoms with Gasteiger partial charge in [-0.1, -0.05) is 49.2 Å². The SMILES string of the molecule is CC(C)CN(CC(=O)Nc1nc(-c2ccc(Cl)cc2)cn1-c1ccc(F)c(Cl)c1)C(=O)c1ccco1. The molecule has 0 spiro atoms. The van der Waals surface area contributed by atoms with Crippen molar-refractivity contribution in [1.82, 2.24) is 14.5 Å². The number of carbonyl (C=O) groups excluding carboxylic acids is 2. The fourth-order valence-electron chi connectivity index (χ4n) is 3.61. The number of benzene rings is 2. The van der Waals surface area contributed by atoms with Crippen molar-refractivity contribution in [2.45, 2.75) is 13.8 Å². The molecule has 4 aromatic rings. The van der Waals surface area contributed by atoms with E-state index in [2.05, 4.69) is 10.3 Å². The van der Waals surface area contributed by atoms with Crippen LogP contribution in [0.4, 0.5) is 10.3 Å². The van der Waals surface area contributed by atoms with Gasteiger partial charge in [0.1, 0.15) is 12.4 Å². The summed E-state index contributed by atoms with van der Waals surface area (Å²) in [6, 6.07) is 14.4. The molecule has 2 heterocycles. The first-order valence-corrected chi connectivity index (χ1v) is 11.9. The van der Waals surface area contributed by atoms with E-state index in [0.717, 1.165) is 5.56 Å². The lowest BCUT2D eigenvalue weighted by molar-refractivity contribution is -0.117.